The highest BCUT2D eigenvalue weighted by Gasteiger charge is 2.09. The lowest BCUT2D eigenvalue weighted by Crippen LogP contribution is -1.91. The van der Waals surface area contributed by atoms with Crippen molar-refractivity contribution in [3.63, 3.8) is 0 Å². The van der Waals surface area contributed by atoms with Gasteiger partial charge in [-0.3, -0.25) is 20.9 Å². The van der Waals surface area contributed by atoms with Crippen molar-refractivity contribution in [3.8, 4) is 0 Å². The molecule has 4 nitrogen and oxygen atoms in total. The quantitative estimate of drug-likeness (QED) is 0.304. The van der Waals surface area contributed by atoms with Crippen LogP contribution >= 0.6 is 10.8 Å². The Morgan fingerprint density at radius 1 is 1.73 bits per heavy atom. The second-order valence-electron chi connectivity index (χ2n) is 1.67. The highest BCUT2D eigenvalue weighted by Crippen LogP contribution is 2.23. The summed E-state index contributed by atoms with van der Waals surface area (Å²) >= 11 is 4.57. The summed E-state index contributed by atoms with van der Waals surface area (Å²) in [7, 11) is 0.854. The van der Waals surface area contributed by atoms with E-state index in [1.165, 1.54) is 18.3 Å². The predicted molar refractivity (Wildman–Crippen MR) is 44.1 cm³/mol. The molecule has 0 amide bonds. The first-order chi connectivity index (χ1) is 5.25. The Morgan fingerprint density at radius 2 is 2.45 bits per heavy atom. The Hall–Kier alpha value is -0.750. The summed E-state index contributed by atoms with van der Waals surface area (Å²) in [6.45, 7) is 0. The van der Waals surface area contributed by atoms with Crippen LogP contribution in [-0.2, 0) is 11.7 Å². The van der Waals surface area contributed by atoms with Gasteiger partial charge in [0.25, 0.3) is 5.69 Å². The molecule has 0 aliphatic heterocycles. The van der Waals surface area contributed by atoms with Crippen LogP contribution in [-0.4, -0.2) is 9.91 Å². The molecule has 0 aliphatic carbocycles. The number of hydrogen-bond acceptors (Lipinski definition) is 5. The minimum atomic E-state index is -0.498. The van der Waals surface area contributed by atoms with Gasteiger partial charge in [0.1, 0.15) is 5.03 Å². The molecule has 11 heavy (non-hydrogen) atoms. The van der Waals surface area contributed by atoms with Crippen LogP contribution in [0.4, 0.5) is 5.69 Å². The van der Waals surface area contributed by atoms with Gasteiger partial charge in [-0.25, -0.2) is 4.98 Å². The fourth-order valence-electron chi connectivity index (χ4n) is 0.585. The largest absolute Gasteiger partial charge is 0.712 e. The first kappa shape index (κ1) is 8.35. The molecule has 0 saturated heterocycles. The van der Waals surface area contributed by atoms with Gasteiger partial charge in [0.05, 0.1) is 4.92 Å². The maximum atomic E-state index is 10.3. The molecule has 0 saturated carbocycles. The molecule has 6 heteroatoms. The predicted octanol–water partition coefficient (Wildman–Crippen LogP) is 1.54. The first-order valence-corrected chi connectivity index (χ1v) is 4.39. The van der Waals surface area contributed by atoms with E-state index >= 15 is 0 Å². The molecule has 0 N–H and O–H groups in total. The van der Waals surface area contributed by atoms with E-state index in [0.29, 0.717) is 0 Å². The maximum absolute atomic E-state index is 10.3. The summed E-state index contributed by atoms with van der Waals surface area (Å²) in [5, 5.41) is 10.6. The molecule has 1 aromatic heterocycles. The van der Waals surface area contributed by atoms with Crippen LogP contribution in [0.15, 0.2) is 23.4 Å². The summed E-state index contributed by atoms with van der Waals surface area (Å²) in [6, 6.07) is 2.88. The lowest BCUT2D eigenvalue weighted by molar-refractivity contribution is -0.388. The Labute approximate surface area is 72.0 Å². The SMILES string of the molecule is O=[N+]([O-])c1cccnc1S[S-]. The van der Waals surface area contributed by atoms with E-state index in [9.17, 15) is 10.1 Å². The lowest BCUT2D eigenvalue weighted by atomic mass is 10.4. The topological polar surface area (TPSA) is 56.0 Å². The Bertz CT molecular complexity index is 279. The molecule has 0 unspecified atom stereocenters. The van der Waals surface area contributed by atoms with Gasteiger partial charge in [0.15, 0.2) is 0 Å². The lowest BCUT2D eigenvalue weighted by Gasteiger charge is -2.02. The van der Waals surface area contributed by atoms with Crippen molar-refractivity contribution in [1.82, 2.24) is 4.98 Å². The number of rotatable bonds is 2. The van der Waals surface area contributed by atoms with Crippen molar-refractivity contribution >= 4 is 28.1 Å². The fourth-order valence-corrected chi connectivity index (χ4v) is 1.30. The first-order valence-electron chi connectivity index (χ1n) is 2.65. The average Bonchev–Trinajstić information content (AvgIpc) is 2.04. The summed E-state index contributed by atoms with van der Waals surface area (Å²) in [6.07, 6.45) is 1.47. The third kappa shape index (κ3) is 1.84. The van der Waals surface area contributed by atoms with Crippen LogP contribution in [0.2, 0.25) is 0 Å². The van der Waals surface area contributed by atoms with Crippen molar-refractivity contribution in [2.24, 2.45) is 0 Å². The Balaban J connectivity index is 3.12. The minimum absolute atomic E-state index is 0.0347. The molecule has 0 atom stereocenters. The van der Waals surface area contributed by atoms with E-state index in [1.807, 2.05) is 0 Å². The molecule has 0 spiro atoms. The molecule has 0 bridgehead atoms. The maximum Gasteiger partial charge on any atom is 0.299 e. The van der Waals surface area contributed by atoms with Crippen LogP contribution in [0.3, 0.4) is 0 Å². The zero-order valence-electron chi connectivity index (χ0n) is 5.26. The van der Waals surface area contributed by atoms with Gasteiger partial charge < -0.3 is 11.7 Å². The van der Waals surface area contributed by atoms with E-state index in [-0.39, 0.29) is 10.7 Å². The number of nitro groups is 1. The van der Waals surface area contributed by atoms with Gasteiger partial charge in [0.2, 0.25) is 0 Å². The van der Waals surface area contributed by atoms with Crippen LogP contribution in [0.5, 0.6) is 0 Å². The van der Waals surface area contributed by atoms with E-state index in [4.69, 9.17) is 0 Å². The summed E-state index contributed by atoms with van der Waals surface area (Å²) in [5.74, 6) is 0. The van der Waals surface area contributed by atoms with E-state index in [0.717, 1.165) is 10.8 Å². The van der Waals surface area contributed by atoms with Gasteiger partial charge in [-0.05, 0) is 6.07 Å². The van der Waals surface area contributed by atoms with Crippen LogP contribution in [0.1, 0.15) is 0 Å². The smallest absolute Gasteiger partial charge is 0.299 e. The van der Waals surface area contributed by atoms with Gasteiger partial charge in [-0.1, -0.05) is 0 Å². The standard InChI is InChI=1S/C5H4N2O2S2/c8-7(9)4-2-1-3-6-5(4)11-10/h1-3,10H/p-1. The van der Waals surface area contributed by atoms with E-state index < -0.39 is 4.92 Å². The van der Waals surface area contributed by atoms with Crippen LogP contribution in [0, 0.1) is 10.1 Å². The van der Waals surface area contributed by atoms with E-state index in [2.05, 4.69) is 16.6 Å². The number of aromatic nitrogens is 1. The number of hydrogen-bond donors (Lipinski definition) is 0. The Kier molecular flexibility index (Phi) is 2.72. The fraction of sp³-hybridized carbons (Fsp3) is 0. The van der Waals surface area contributed by atoms with Crippen LogP contribution in [0.25, 0.3) is 0 Å². The molecule has 0 radical (unpaired) electrons. The Morgan fingerprint density at radius 3 is 2.91 bits per heavy atom. The highest BCUT2D eigenvalue weighted by molar-refractivity contribution is 8.59. The summed E-state index contributed by atoms with van der Waals surface area (Å²) < 4.78 is 0. The van der Waals surface area contributed by atoms with Crippen molar-refractivity contribution in [3.05, 3.63) is 28.4 Å². The molecule has 0 aliphatic rings. The molecular formula is C5H3N2O2S2-. The molecule has 58 valence electrons. The zero-order valence-corrected chi connectivity index (χ0v) is 6.89. The molecule has 0 aromatic carbocycles. The number of nitrogens with zero attached hydrogens (tertiary/aromatic N) is 2. The highest BCUT2D eigenvalue weighted by atomic mass is 33.1. The van der Waals surface area contributed by atoms with Crippen LogP contribution < -0.4 is 0 Å². The monoisotopic (exact) mass is 187 g/mol. The third-order valence-electron chi connectivity index (χ3n) is 1.03. The van der Waals surface area contributed by atoms with Gasteiger partial charge >= 0.3 is 0 Å². The molecule has 1 aromatic rings. The summed E-state index contributed by atoms with van der Waals surface area (Å²) in [4.78, 5) is 13.5. The molecule has 1 rings (SSSR count). The van der Waals surface area contributed by atoms with Gasteiger partial charge in [-0.15, -0.1) is 0 Å². The minimum Gasteiger partial charge on any atom is -0.712 e. The normalized spacial score (nSPS) is 9.55. The molecule has 0 fully saturated rings. The second-order valence-corrected chi connectivity index (χ2v) is 2.72. The number of pyridine rings is 1. The zero-order chi connectivity index (χ0) is 8.27. The van der Waals surface area contributed by atoms with Gasteiger partial charge in [-0.2, -0.15) is 0 Å². The van der Waals surface area contributed by atoms with Crippen molar-refractivity contribution in [2.45, 2.75) is 5.03 Å². The van der Waals surface area contributed by atoms with E-state index in [1.54, 1.807) is 0 Å². The van der Waals surface area contributed by atoms with Gasteiger partial charge in [0, 0.05) is 12.3 Å². The molecular weight excluding hydrogens is 184 g/mol. The van der Waals surface area contributed by atoms with Crippen molar-refractivity contribution in [1.29, 1.82) is 0 Å². The average molecular weight is 187 g/mol. The molecule has 1 heterocycles. The third-order valence-corrected chi connectivity index (χ3v) is 1.97. The summed E-state index contributed by atoms with van der Waals surface area (Å²) in [5.41, 5.74) is -0.0347. The second kappa shape index (κ2) is 3.59. The van der Waals surface area contributed by atoms with Crippen molar-refractivity contribution in [2.75, 3.05) is 0 Å². The van der Waals surface area contributed by atoms with Crippen molar-refractivity contribution < 1.29 is 4.92 Å².